The Labute approximate surface area is 113 Å². The molecule has 1 aliphatic rings. The lowest BCUT2D eigenvalue weighted by molar-refractivity contribution is 0.00637. The maximum atomic E-state index is 5.98. The molecule has 0 bridgehead atoms. The van der Waals surface area contributed by atoms with Gasteiger partial charge in [-0.1, -0.05) is 12.1 Å². The number of hydrogen-bond acceptors (Lipinski definition) is 5. The van der Waals surface area contributed by atoms with Crippen molar-refractivity contribution in [1.82, 2.24) is 0 Å². The van der Waals surface area contributed by atoms with Gasteiger partial charge in [-0.3, -0.25) is 0 Å². The number of ether oxygens (including phenoxy) is 3. The number of nitrogens with two attached hydrogens (primary N) is 1. The summed E-state index contributed by atoms with van der Waals surface area (Å²) in [6, 6.07) is 5.86. The third-order valence-electron chi connectivity index (χ3n) is 3.17. The Morgan fingerprint density at radius 1 is 1.42 bits per heavy atom. The number of rotatable bonds is 6. The van der Waals surface area contributed by atoms with Gasteiger partial charge in [0.25, 0.3) is 0 Å². The van der Waals surface area contributed by atoms with Crippen LogP contribution in [0.15, 0.2) is 18.2 Å². The van der Waals surface area contributed by atoms with Gasteiger partial charge in [0.1, 0.15) is 6.10 Å². The number of methoxy groups -OCH3 is 1. The zero-order valence-electron chi connectivity index (χ0n) is 11.3. The van der Waals surface area contributed by atoms with Crippen LogP contribution in [-0.2, 0) is 16.0 Å². The minimum absolute atomic E-state index is 0.101. The van der Waals surface area contributed by atoms with Crippen molar-refractivity contribution in [2.75, 3.05) is 26.9 Å². The van der Waals surface area contributed by atoms with Crippen molar-refractivity contribution in [2.24, 2.45) is 5.90 Å². The molecule has 5 heteroatoms. The van der Waals surface area contributed by atoms with E-state index in [2.05, 4.69) is 4.84 Å². The Balaban J connectivity index is 2.09. The van der Waals surface area contributed by atoms with E-state index in [-0.39, 0.29) is 6.10 Å². The number of hydrogen-bond donors (Lipinski definition) is 1. The predicted molar refractivity (Wildman–Crippen MR) is 71.3 cm³/mol. The summed E-state index contributed by atoms with van der Waals surface area (Å²) >= 11 is 0. The maximum absolute atomic E-state index is 5.98. The second kappa shape index (κ2) is 7.33. The highest BCUT2D eigenvalue weighted by Gasteiger charge is 2.18. The first kappa shape index (κ1) is 14.1. The van der Waals surface area contributed by atoms with E-state index in [9.17, 15) is 0 Å². The largest absolute Gasteiger partial charge is 0.493 e. The summed E-state index contributed by atoms with van der Waals surface area (Å²) in [5.74, 6) is 6.58. The quantitative estimate of drug-likeness (QED) is 0.795. The normalized spacial score (nSPS) is 19.2. The van der Waals surface area contributed by atoms with Gasteiger partial charge in [0.2, 0.25) is 0 Å². The average molecular weight is 267 g/mol. The van der Waals surface area contributed by atoms with E-state index in [1.54, 1.807) is 7.11 Å². The Bertz CT molecular complexity index is 391. The molecule has 2 N–H and O–H groups in total. The smallest absolute Gasteiger partial charge is 0.164 e. The minimum atomic E-state index is 0.101. The number of para-hydroxylation sites is 1. The van der Waals surface area contributed by atoms with E-state index in [4.69, 9.17) is 20.1 Å². The van der Waals surface area contributed by atoms with Gasteiger partial charge in [-0.05, 0) is 18.9 Å². The Kier molecular flexibility index (Phi) is 5.44. The van der Waals surface area contributed by atoms with Crippen molar-refractivity contribution >= 4 is 0 Å². The highest BCUT2D eigenvalue weighted by molar-refractivity contribution is 5.46. The third-order valence-corrected chi connectivity index (χ3v) is 3.17. The van der Waals surface area contributed by atoms with Crippen molar-refractivity contribution in [3.63, 3.8) is 0 Å². The summed E-state index contributed by atoms with van der Waals surface area (Å²) in [7, 11) is 1.65. The highest BCUT2D eigenvalue weighted by atomic mass is 16.6. The molecule has 106 valence electrons. The lowest BCUT2D eigenvalue weighted by Crippen LogP contribution is -2.28. The summed E-state index contributed by atoms with van der Waals surface area (Å²) in [4.78, 5) is 4.62. The molecular formula is C14H21NO4. The molecule has 0 aliphatic carbocycles. The molecule has 19 heavy (non-hydrogen) atoms. The van der Waals surface area contributed by atoms with Crippen molar-refractivity contribution < 1.29 is 19.0 Å². The summed E-state index contributed by atoms with van der Waals surface area (Å²) in [6.07, 6.45) is 2.84. The zero-order chi connectivity index (χ0) is 13.5. The molecule has 0 spiro atoms. The molecule has 1 fully saturated rings. The van der Waals surface area contributed by atoms with Crippen molar-refractivity contribution in [1.29, 1.82) is 0 Å². The summed E-state index contributed by atoms with van der Waals surface area (Å²) in [5, 5.41) is 0. The van der Waals surface area contributed by atoms with Crippen LogP contribution in [0, 0.1) is 0 Å². The Morgan fingerprint density at radius 2 is 2.32 bits per heavy atom. The van der Waals surface area contributed by atoms with Crippen LogP contribution in [0.2, 0.25) is 0 Å². The van der Waals surface area contributed by atoms with Crippen LogP contribution in [-0.4, -0.2) is 33.0 Å². The summed E-state index contributed by atoms with van der Waals surface area (Å²) in [6.45, 7) is 1.91. The minimum Gasteiger partial charge on any atom is -0.493 e. The fourth-order valence-corrected chi connectivity index (χ4v) is 2.24. The fraction of sp³-hybridized carbons (Fsp3) is 0.571. The van der Waals surface area contributed by atoms with Gasteiger partial charge < -0.3 is 19.0 Å². The lowest BCUT2D eigenvalue weighted by atomic mass is 10.1. The molecule has 5 nitrogen and oxygen atoms in total. The van der Waals surface area contributed by atoms with Gasteiger partial charge >= 0.3 is 0 Å². The molecule has 1 aromatic carbocycles. The molecule has 1 heterocycles. The molecular weight excluding hydrogens is 246 g/mol. The molecule has 1 saturated heterocycles. The van der Waals surface area contributed by atoms with Crippen LogP contribution < -0.4 is 15.4 Å². The van der Waals surface area contributed by atoms with Gasteiger partial charge in [0, 0.05) is 18.6 Å². The van der Waals surface area contributed by atoms with Gasteiger partial charge in [0.15, 0.2) is 11.5 Å². The maximum Gasteiger partial charge on any atom is 0.164 e. The van der Waals surface area contributed by atoms with Gasteiger partial charge in [-0.25, -0.2) is 5.90 Å². The monoisotopic (exact) mass is 267 g/mol. The van der Waals surface area contributed by atoms with Crippen LogP contribution in [0.5, 0.6) is 11.5 Å². The lowest BCUT2D eigenvalue weighted by Gasteiger charge is -2.24. The molecule has 0 radical (unpaired) electrons. The van der Waals surface area contributed by atoms with E-state index in [0.29, 0.717) is 19.6 Å². The molecule has 0 aromatic heterocycles. The van der Waals surface area contributed by atoms with E-state index < -0.39 is 0 Å². The van der Waals surface area contributed by atoms with Gasteiger partial charge in [0.05, 0.1) is 20.3 Å². The van der Waals surface area contributed by atoms with Crippen LogP contribution in [0.1, 0.15) is 18.4 Å². The summed E-state index contributed by atoms with van der Waals surface area (Å²) < 4.78 is 16.8. The molecule has 1 aromatic rings. The molecule has 1 aliphatic heterocycles. The highest BCUT2D eigenvalue weighted by Crippen LogP contribution is 2.33. The van der Waals surface area contributed by atoms with Crippen molar-refractivity contribution in [2.45, 2.75) is 25.4 Å². The van der Waals surface area contributed by atoms with E-state index in [1.165, 1.54) is 0 Å². The van der Waals surface area contributed by atoms with Gasteiger partial charge in [-0.15, -0.1) is 0 Å². The van der Waals surface area contributed by atoms with Crippen LogP contribution in [0.4, 0.5) is 0 Å². The Hall–Kier alpha value is -1.30. The van der Waals surface area contributed by atoms with Crippen molar-refractivity contribution in [3.8, 4) is 11.5 Å². The fourth-order valence-electron chi connectivity index (χ4n) is 2.24. The van der Waals surface area contributed by atoms with Crippen LogP contribution in [0.25, 0.3) is 0 Å². The first-order valence-corrected chi connectivity index (χ1v) is 6.57. The first-order valence-electron chi connectivity index (χ1n) is 6.57. The number of benzene rings is 1. The average Bonchev–Trinajstić information content (AvgIpc) is 2.46. The predicted octanol–water partition coefficient (Wildman–Crippen LogP) is 1.69. The summed E-state index contributed by atoms with van der Waals surface area (Å²) in [5.41, 5.74) is 1.03. The van der Waals surface area contributed by atoms with E-state index >= 15 is 0 Å². The second-order valence-corrected chi connectivity index (χ2v) is 4.53. The SMILES string of the molecule is COc1c(CCON)cccc1OC1CCCOC1. The Morgan fingerprint density at radius 3 is 3.00 bits per heavy atom. The van der Waals surface area contributed by atoms with E-state index in [1.807, 2.05) is 18.2 Å². The molecule has 0 saturated carbocycles. The molecule has 0 amide bonds. The zero-order valence-corrected chi connectivity index (χ0v) is 11.3. The van der Waals surface area contributed by atoms with E-state index in [0.717, 1.165) is 36.5 Å². The molecule has 1 unspecified atom stereocenters. The first-order chi connectivity index (χ1) is 9.35. The topological polar surface area (TPSA) is 62.9 Å². The van der Waals surface area contributed by atoms with Crippen LogP contribution >= 0.6 is 0 Å². The third kappa shape index (κ3) is 3.83. The standard InChI is InChI=1S/C14H21NO4/c1-16-14-11(7-9-18-15)4-2-6-13(14)19-12-5-3-8-17-10-12/h2,4,6,12H,3,5,7-10,15H2,1H3. The van der Waals surface area contributed by atoms with Crippen LogP contribution in [0.3, 0.4) is 0 Å². The second-order valence-electron chi connectivity index (χ2n) is 4.53. The van der Waals surface area contributed by atoms with Gasteiger partial charge in [-0.2, -0.15) is 0 Å². The molecule has 2 rings (SSSR count). The van der Waals surface area contributed by atoms with Crippen molar-refractivity contribution in [3.05, 3.63) is 23.8 Å². The molecule has 1 atom stereocenters.